The Hall–Kier alpha value is -0.120. The monoisotopic (exact) mass is 228 g/mol. The summed E-state index contributed by atoms with van der Waals surface area (Å²) in [5.41, 5.74) is 0. The lowest BCUT2D eigenvalue weighted by Crippen LogP contribution is -2.37. The minimum Gasteiger partial charge on any atom is -0.377 e. The molecule has 0 aromatic carbocycles. The van der Waals surface area contributed by atoms with E-state index in [1.807, 2.05) is 0 Å². The van der Waals surface area contributed by atoms with Gasteiger partial charge in [0.2, 0.25) is 0 Å². The Morgan fingerprint density at radius 2 is 2.12 bits per heavy atom. The van der Waals surface area contributed by atoms with Crippen molar-refractivity contribution < 1.29 is 4.74 Å². The fourth-order valence-electron chi connectivity index (χ4n) is 2.34. The van der Waals surface area contributed by atoms with Gasteiger partial charge in [0.15, 0.2) is 0 Å². The van der Waals surface area contributed by atoms with Crippen LogP contribution < -0.4 is 5.32 Å². The molecule has 2 unspecified atom stereocenters. The number of nitrogens with one attached hydrogen (secondary N) is 1. The molecule has 1 saturated heterocycles. The second-order valence-electron chi connectivity index (χ2n) is 5.23. The molecule has 3 heteroatoms. The Morgan fingerprint density at radius 1 is 1.38 bits per heavy atom. The van der Waals surface area contributed by atoms with Crippen LogP contribution in [0.15, 0.2) is 0 Å². The van der Waals surface area contributed by atoms with E-state index in [0.29, 0.717) is 18.2 Å². The van der Waals surface area contributed by atoms with Gasteiger partial charge < -0.3 is 15.0 Å². The molecule has 1 aliphatic heterocycles. The Morgan fingerprint density at radius 3 is 2.69 bits per heavy atom. The van der Waals surface area contributed by atoms with Gasteiger partial charge in [-0.05, 0) is 46.3 Å². The maximum absolute atomic E-state index is 5.59. The smallest absolute Gasteiger partial charge is 0.0702 e. The molecule has 0 spiro atoms. The van der Waals surface area contributed by atoms with Crippen molar-refractivity contribution in [3.8, 4) is 0 Å². The highest BCUT2D eigenvalue weighted by Crippen LogP contribution is 2.18. The van der Waals surface area contributed by atoms with Crippen molar-refractivity contribution in [2.75, 3.05) is 26.7 Å². The average molecular weight is 228 g/mol. The Labute approximate surface area is 101 Å². The molecule has 0 aromatic rings. The number of likely N-dealkylation sites (N-methyl/N-ethyl adjacent to an activating group) is 1. The predicted molar refractivity (Wildman–Crippen MR) is 68.8 cm³/mol. The molecule has 2 atom stereocenters. The Bertz CT molecular complexity index is 185. The molecule has 0 aromatic heterocycles. The first-order valence-electron chi connectivity index (χ1n) is 6.66. The third kappa shape index (κ3) is 4.81. The third-order valence-corrected chi connectivity index (χ3v) is 3.39. The van der Waals surface area contributed by atoms with Crippen LogP contribution in [-0.4, -0.2) is 49.8 Å². The highest BCUT2D eigenvalue weighted by atomic mass is 16.5. The van der Waals surface area contributed by atoms with Gasteiger partial charge >= 0.3 is 0 Å². The molecule has 3 nitrogen and oxygen atoms in total. The highest BCUT2D eigenvalue weighted by Gasteiger charge is 2.27. The normalized spacial score (nSPS) is 25.9. The molecule has 0 bridgehead atoms. The van der Waals surface area contributed by atoms with Crippen molar-refractivity contribution in [2.24, 2.45) is 0 Å². The second-order valence-corrected chi connectivity index (χ2v) is 5.23. The Kier molecular flexibility index (Phi) is 6.32. The molecule has 1 rings (SSSR count). The summed E-state index contributed by atoms with van der Waals surface area (Å²) in [6, 6.07) is 1.25. The topological polar surface area (TPSA) is 24.5 Å². The second kappa shape index (κ2) is 7.25. The zero-order valence-corrected chi connectivity index (χ0v) is 11.3. The minimum absolute atomic E-state index is 0.416. The van der Waals surface area contributed by atoms with Crippen LogP contribution in [0.2, 0.25) is 0 Å². The number of unbranched alkanes of at least 4 members (excludes halogenated alkanes) is 1. The predicted octanol–water partition coefficient (Wildman–Crippen LogP) is 1.87. The molecule has 0 aliphatic carbocycles. The fourth-order valence-corrected chi connectivity index (χ4v) is 2.34. The SMILES string of the molecule is CC(C)NCCCCN(C)C1CCOC1C. The van der Waals surface area contributed by atoms with Crippen molar-refractivity contribution in [3.63, 3.8) is 0 Å². The maximum Gasteiger partial charge on any atom is 0.0702 e. The van der Waals surface area contributed by atoms with Gasteiger partial charge in [-0.3, -0.25) is 0 Å². The number of rotatable bonds is 7. The molecule has 96 valence electrons. The van der Waals surface area contributed by atoms with Crippen LogP contribution in [-0.2, 0) is 4.74 Å². The minimum atomic E-state index is 0.416. The van der Waals surface area contributed by atoms with Gasteiger partial charge in [0.25, 0.3) is 0 Å². The van der Waals surface area contributed by atoms with Gasteiger partial charge in [-0.15, -0.1) is 0 Å². The largest absolute Gasteiger partial charge is 0.377 e. The van der Waals surface area contributed by atoms with Gasteiger partial charge in [-0.25, -0.2) is 0 Å². The molecule has 1 aliphatic rings. The lowest BCUT2D eigenvalue weighted by atomic mass is 10.1. The maximum atomic E-state index is 5.59. The molecule has 1 heterocycles. The van der Waals surface area contributed by atoms with E-state index >= 15 is 0 Å². The van der Waals surface area contributed by atoms with Crippen LogP contribution in [0, 0.1) is 0 Å². The van der Waals surface area contributed by atoms with Crippen molar-refractivity contribution >= 4 is 0 Å². The average Bonchev–Trinajstić information content (AvgIpc) is 2.63. The van der Waals surface area contributed by atoms with Gasteiger partial charge in [0, 0.05) is 18.7 Å². The van der Waals surface area contributed by atoms with E-state index in [1.54, 1.807) is 0 Å². The van der Waals surface area contributed by atoms with Crippen LogP contribution in [0.5, 0.6) is 0 Å². The zero-order chi connectivity index (χ0) is 12.0. The summed E-state index contributed by atoms with van der Waals surface area (Å²) in [4.78, 5) is 2.47. The fraction of sp³-hybridized carbons (Fsp3) is 1.00. The molecule has 0 saturated carbocycles. The molecular formula is C13H28N2O. The number of ether oxygens (including phenoxy) is 1. The van der Waals surface area contributed by atoms with Crippen LogP contribution >= 0.6 is 0 Å². The lowest BCUT2D eigenvalue weighted by Gasteiger charge is -2.26. The molecule has 16 heavy (non-hydrogen) atoms. The summed E-state index contributed by atoms with van der Waals surface area (Å²) < 4.78 is 5.59. The lowest BCUT2D eigenvalue weighted by molar-refractivity contribution is 0.0832. The summed E-state index contributed by atoms with van der Waals surface area (Å²) in [7, 11) is 2.23. The first-order chi connectivity index (χ1) is 7.61. The summed E-state index contributed by atoms with van der Waals surface area (Å²) in [5.74, 6) is 0. The number of nitrogens with zero attached hydrogens (tertiary/aromatic N) is 1. The van der Waals surface area contributed by atoms with Crippen molar-refractivity contribution in [2.45, 2.75) is 58.2 Å². The number of hydrogen-bond donors (Lipinski definition) is 1. The van der Waals surface area contributed by atoms with Crippen molar-refractivity contribution in [1.82, 2.24) is 10.2 Å². The van der Waals surface area contributed by atoms with Gasteiger partial charge in [0.1, 0.15) is 0 Å². The standard InChI is InChI=1S/C13H28N2O/c1-11(2)14-8-5-6-9-15(4)13-7-10-16-12(13)3/h11-14H,5-10H2,1-4H3. The van der Waals surface area contributed by atoms with E-state index in [0.717, 1.165) is 13.2 Å². The van der Waals surface area contributed by atoms with Crippen LogP contribution in [0.25, 0.3) is 0 Å². The summed E-state index contributed by atoms with van der Waals surface area (Å²) in [5, 5.41) is 3.45. The first kappa shape index (κ1) is 13.9. The van der Waals surface area contributed by atoms with E-state index in [2.05, 4.69) is 38.0 Å². The first-order valence-corrected chi connectivity index (χ1v) is 6.66. The Balaban J connectivity index is 2.04. The molecule has 1 fully saturated rings. The van der Waals surface area contributed by atoms with E-state index in [9.17, 15) is 0 Å². The quantitative estimate of drug-likeness (QED) is 0.673. The van der Waals surface area contributed by atoms with Crippen molar-refractivity contribution in [3.05, 3.63) is 0 Å². The van der Waals surface area contributed by atoms with Crippen LogP contribution in [0.1, 0.15) is 40.0 Å². The van der Waals surface area contributed by atoms with Gasteiger partial charge in [-0.2, -0.15) is 0 Å². The summed E-state index contributed by atoms with van der Waals surface area (Å²) in [6.45, 7) is 9.85. The van der Waals surface area contributed by atoms with Gasteiger partial charge in [-0.1, -0.05) is 13.8 Å². The molecule has 1 N–H and O–H groups in total. The zero-order valence-electron chi connectivity index (χ0n) is 11.3. The van der Waals surface area contributed by atoms with E-state index < -0.39 is 0 Å². The van der Waals surface area contributed by atoms with Crippen LogP contribution in [0.4, 0.5) is 0 Å². The van der Waals surface area contributed by atoms with Crippen LogP contribution in [0.3, 0.4) is 0 Å². The number of hydrogen-bond acceptors (Lipinski definition) is 3. The van der Waals surface area contributed by atoms with E-state index in [1.165, 1.54) is 25.8 Å². The van der Waals surface area contributed by atoms with E-state index in [4.69, 9.17) is 4.74 Å². The van der Waals surface area contributed by atoms with E-state index in [-0.39, 0.29) is 0 Å². The molecule has 0 amide bonds. The third-order valence-electron chi connectivity index (χ3n) is 3.39. The summed E-state index contributed by atoms with van der Waals surface area (Å²) >= 11 is 0. The van der Waals surface area contributed by atoms with Crippen molar-refractivity contribution in [1.29, 1.82) is 0 Å². The van der Waals surface area contributed by atoms with Gasteiger partial charge in [0.05, 0.1) is 6.10 Å². The highest BCUT2D eigenvalue weighted by molar-refractivity contribution is 4.80. The summed E-state index contributed by atoms with van der Waals surface area (Å²) in [6.07, 6.45) is 4.16. The molecule has 0 radical (unpaired) electrons. The molecular weight excluding hydrogens is 200 g/mol.